The number of nitrogens with zero attached hydrogens (tertiary/aromatic N) is 3. The van der Waals surface area contributed by atoms with E-state index < -0.39 is 0 Å². The van der Waals surface area contributed by atoms with E-state index in [0.717, 1.165) is 41.6 Å². The minimum Gasteiger partial charge on any atom is -0.342 e. The Morgan fingerprint density at radius 3 is 2.55 bits per heavy atom. The fraction of sp³-hybridized carbons (Fsp3) is 0.435. The molecule has 1 aromatic carbocycles. The fourth-order valence-electron chi connectivity index (χ4n) is 4.96. The van der Waals surface area contributed by atoms with Crippen molar-refractivity contribution in [2.45, 2.75) is 31.7 Å². The van der Waals surface area contributed by atoms with Crippen LogP contribution >= 0.6 is 11.3 Å². The normalized spacial score (nSPS) is 20.3. The van der Waals surface area contributed by atoms with E-state index >= 15 is 0 Å². The standard InChI is InChI=1S/C23H26N4O3S/c28-21(16-5-3-11-26(15-16)22(29)20-8-4-14-31-20)25-12-9-17(10-13-25)27-19-7-2-1-6-18(19)24-23(27)30/h1-2,4,6-8,14,16-17H,3,5,9-13,15H2,(H,24,30). The number of piperidine rings is 2. The topological polar surface area (TPSA) is 78.4 Å². The number of carbonyl (C=O) groups is 2. The van der Waals surface area contributed by atoms with Crippen molar-refractivity contribution in [3.05, 3.63) is 57.1 Å². The van der Waals surface area contributed by atoms with Gasteiger partial charge < -0.3 is 14.8 Å². The number of amides is 2. The van der Waals surface area contributed by atoms with Crippen LogP contribution in [0.3, 0.4) is 0 Å². The summed E-state index contributed by atoms with van der Waals surface area (Å²) >= 11 is 1.45. The number of hydrogen-bond acceptors (Lipinski definition) is 4. The third-order valence-electron chi connectivity index (χ3n) is 6.56. The molecule has 0 saturated carbocycles. The van der Waals surface area contributed by atoms with Crippen LogP contribution in [-0.4, -0.2) is 57.3 Å². The van der Waals surface area contributed by atoms with Gasteiger partial charge in [0.05, 0.1) is 21.8 Å². The maximum Gasteiger partial charge on any atom is 0.326 e. The molecular formula is C23H26N4O3S. The predicted molar refractivity (Wildman–Crippen MR) is 120 cm³/mol. The summed E-state index contributed by atoms with van der Waals surface area (Å²) < 4.78 is 1.85. The average Bonchev–Trinajstić information content (AvgIpc) is 3.46. The summed E-state index contributed by atoms with van der Waals surface area (Å²) in [6.45, 7) is 2.50. The Kier molecular flexibility index (Phi) is 5.40. The molecular weight excluding hydrogens is 412 g/mol. The zero-order valence-electron chi connectivity index (χ0n) is 17.3. The molecule has 2 saturated heterocycles. The molecule has 7 nitrogen and oxygen atoms in total. The molecule has 1 N–H and O–H groups in total. The number of aromatic nitrogens is 2. The summed E-state index contributed by atoms with van der Waals surface area (Å²) in [6.07, 6.45) is 3.21. The number of fused-ring (bicyclic) bond motifs is 1. The summed E-state index contributed by atoms with van der Waals surface area (Å²) in [5, 5.41) is 1.91. The van der Waals surface area contributed by atoms with E-state index in [1.165, 1.54) is 11.3 Å². The lowest BCUT2D eigenvalue weighted by Crippen LogP contribution is -2.49. The van der Waals surface area contributed by atoms with Crippen LogP contribution in [0.2, 0.25) is 0 Å². The van der Waals surface area contributed by atoms with Gasteiger partial charge in [0.25, 0.3) is 5.91 Å². The molecule has 2 aliphatic heterocycles. The van der Waals surface area contributed by atoms with E-state index in [0.29, 0.717) is 26.2 Å². The van der Waals surface area contributed by atoms with Crippen LogP contribution in [0.25, 0.3) is 11.0 Å². The number of carbonyl (C=O) groups excluding carboxylic acids is 2. The van der Waals surface area contributed by atoms with Gasteiger partial charge in [-0.1, -0.05) is 18.2 Å². The van der Waals surface area contributed by atoms with Gasteiger partial charge in [0.1, 0.15) is 0 Å². The molecule has 31 heavy (non-hydrogen) atoms. The lowest BCUT2D eigenvalue weighted by molar-refractivity contribution is -0.138. The highest BCUT2D eigenvalue weighted by Crippen LogP contribution is 2.28. The molecule has 2 fully saturated rings. The van der Waals surface area contributed by atoms with E-state index in [-0.39, 0.29) is 29.5 Å². The molecule has 1 unspecified atom stereocenters. The summed E-state index contributed by atoms with van der Waals surface area (Å²) in [6, 6.07) is 11.6. The van der Waals surface area contributed by atoms with Crippen LogP contribution in [0.15, 0.2) is 46.6 Å². The van der Waals surface area contributed by atoms with Crippen LogP contribution in [0.4, 0.5) is 0 Å². The number of imidazole rings is 1. The van der Waals surface area contributed by atoms with Gasteiger partial charge in [-0.3, -0.25) is 14.2 Å². The second kappa shape index (κ2) is 8.34. The van der Waals surface area contributed by atoms with Gasteiger partial charge in [-0.05, 0) is 49.3 Å². The Hall–Kier alpha value is -2.87. The fourth-order valence-corrected chi connectivity index (χ4v) is 5.65. The van der Waals surface area contributed by atoms with E-state index in [1.54, 1.807) is 0 Å². The second-order valence-corrected chi connectivity index (χ2v) is 9.39. The SMILES string of the molecule is O=C(c1cccs1)N1CCCC(C(=O)N2CCC(n3c(=O)[nH]c4ccccc43)CC2)C1. The van der Waals surface area contributed by atoms with Crippen molar-refractivity contribution in [2.75, 3.05) is 26.2 Å². The van der Waals surface area contributed by atoms with Crippen molar-refractivity contribution in [1.82, 2.24) is 19.4 Å². The number of likely N-dealkylation sites (tertiary alicyclic amines) is 2. The predicted octanol–water partition coefficient (Wildman–Crippen LogP) is 3.11. The zero-order valence-corrected chi connectivity index (χ0v) is 18.1. The highest BCUT2D eigenvalue weighted by molar-refractivity contribution is 7.12. The first-order valence-electron chi connectivity index (χ1n) is 10.9. The van der Waals surface area contributed by atoms with Crippen LogP contribution in [0.5, 0.6) is 0 Å². The molecule has 162 valence electrons. The van der Waals surface area contributed by atoms with Gasteiger partial charge in [-0.25, -0.2) is 4.79 Å². The van der Waals surface area contributed by atoms with Gasteiger partial charge in [-0.15, -0.1) is 11.3 Å². The third-order valence-corrected chi connectivity index (χ3v) is 7.41. The number of aromatic amines is 1. The van der Waals surface area contributed by atoms with Gasteiger partial charge in [-0.2, -0.15) is 0 Å². The smallest absolute Gasteiger partial charge is 0.326 e. The lowest BCUT2D eigenvalue weighted by atomic mass is 9.94. The first-order chi connectivity index (χ1) is 15.1. The molecule has 2 amide bonds. The summed E-state index contributed by atoms with van der Waals surface area (Å²) in [4.78, 5) is 45.8. The number of para-hydroxylation sites is 2. The van der Waals surface area contributed by atoms with Crippen molar-refractivity contribution in [1.29, 1.82) is 0 Å². The number of nitrogens with one attached hydrogen (secondary N) is 1. The zero-order chi connectivity index (χ0) is 21.4. The molecule has 3 aromatic rings. The molecule has 5 rings (SSSR count). The van der Waals surface area contributed by atoms with Crippen LogP contribution in [0.1, 0.15) is 41.4 Å². The van der Waals surface area contributed by atoms with E-state index in [9.17, 15) is 14.4 Å². The summed E-state index contributed by atoms with van der Waals surface area (Å²) in [5.41, 5.74) is 1.69. The van der Waals surface area contributed by atoms with Crippen molar-refractivity contribution >= 4 is 34.2 Å². The number of rotatable bonds is 3. The molecule has 0 radical (unpaired) electrons. The maximum atomic E-state index is 13.2. The van der Waals surface area contributed by atoms with E-state index in [4.69, 9.17) is 0 Å². The molecule has 2 aliphatic rings. The van der Waals surface area contributed by atoms with Crippen LogP contribution in [-0.2, 0) is 4.79 Å². The Morgan fingerprint density at radius 1 is 0.968 bits per heavy atom. The average molecular weight is 439 g/mol. The van der Waals surface area contributed by atoms with Crippen LogP contribution in [0, 0.1) is 5.92 Å². The molecule has 0 bridgehead atoms. The molecule has 4 heterocycles. The van der Waals surface area contributed by atoms with E-state index in [2.05, 4.69) is 4.98 Å². The highest BCUT2D eigenvalue weighted by atomic mass is 32.1. The number of thiophene rings is 1. The largest absolute Gasteiger partial charge is 0.342 e. The number of H-pyrrole nitrogens is 1. The Morgan fingerprint density at radius 2 is 1.77 bits per heavy atom. The molecule has 8 heteroatoms. The quantitative estimate of drug-likeness (QED) is 0.683. The first-order valence-corrected chi connectivity index (χ1v) is 11.8. The molecule has 1 atom stereocenters. The second-order valence-electron chi connectivity index (χ2n) is 8.44. The van der Waals surface area contributed by atoms with Crippen molar-refractivity contribution in [2.24, 2.45) is 5.92 Å². The Bertz CT molecular complexity index is 1140. The van der Waals surface area contributed by atoms with Crippen LogP contribution < -0.4 is 5.69 Å². The lowest BCUT2D eigenvalue weighted by Gasteiger charge is -2.38. The Balaban J connectivity index is 1.23. The maximum absolute atomic E-state index is 13.2. The Labute approximate surface area is 184 Å². The summed E-state index contributed by atoms with van der Waals surface area (Å²) in [5.74, 6) is 0.0448. The third kappa shape index (κ3) is 3.80. The number of benzene rings is 1. The van der Waals surface area contributed by atoms with Gasteiger partial charge >= 0.3 is 5.69 Å². The van der Waals surface area contributed by atoms with Gasteiger partial charge in [0, 0.05) is 32.2 Å². The van der Waals surface area contributed by atoms with Gasteiger partial charge in [0.15, 0.2) is 0 Å². The molecule has 0 aliphatic carbocycles. The molecule has 2 aromatic heterocycles. The van der Waals surface area contributed by atoms with E-state index in [1.807, 2.05) is 56.1 Å². The minimum atomic E-state index is -0.134. The van der Waals surface area contributed by atoms with Crippen molar-refractivity contribution in [3.8, 4) is 0 Å². The number of hydrogen-bond donors (Lipinski definition) is 1. The minimum absolute atomic E-state index is 0.0323. The first kappa shape index (κ1) is 20.1. The summed E-state index contributed by atoms with van der Waals surface area (Å²) in [7, 11) is 0. The highest BCUT2D eigenvalue weighted by Gasteiger charge is 2.34. The van der Waals surface area contributed by atoms with Crippen molar-refractivity contribution in [3.63, 3.8) is 0 Å². The monoisotopic (exact) mass is 438 g/mol. The van der Waals surface area contributed by atoms with Crippen molar-refractivity contribution < 1.29 is 9.59 Å². The van der Waals surface area contributed by atoms with Gasteiger partial charge in [0.2, 0.25) is 5.91 Å². The molecule has 0 spiro atoms.